The molecule has 2 N–H and O–H groups in total. The van der Waals surface area contributed by atoms with Gasteiger partial charge >= 0.3 is 12.1 Å². The first-order valence-corrected chi connectivity index (χ1v) is 6.02. The van der Waals surface area contributed by atoms with Gasteiger partial charge in [0.2, 0.25) is 0 Å². The number of nitrogens with zero attached hydrogens (tertiary/aromatic N) is 2. The van der Waals surface area contributed by atoms with Crippen LogP contribution in [-0.4, -0.2) is 27.2 Å². The molecule has 1 heterocycles. The van der Waals surface area contributed by atoms with Gasteiger partial charge in [-0.05, 0) is 18.2 Å². The number of imidazole rings is 1. The minimum Gasteiger partial charge on any atom is -0.478 e. The lowest BCUT2D eigenvalue weighted by Crippen LogP contribution is -2.15. The van der Waals surface area contributed by atoms with Crippen LogP contribution in [0.25, 0.3) is 0 Å². The van der Waals surface area contributed by atoms with E-state index in [1.807, 2.05) is 0 Å². The van der Waals surface area contributed by atoms with E-state index in [0.29, 0.717) is 13.1 Å². The van der Waals surface area contributed by atoms with E-state index in [1.54, 1.807) is 23.3 Å². The summed E-state index contributed by atoms with van der Waals surface area (Å²) in [7, 11) is 0. The van der Waals surface area contributed by atoms with Gasteiger partial charge in [0.15, 0.2) is 0 Å². The van der Waals surface area contributed by atoms with E-state index in [-0.39, 0.29) is 5.69 Å². The lowest BCUT2D eigenvalue weighted by Gasteiger charge is -2.13. The van der Waals surface area contributed by atoms with Gasteiger partial charge in [-0.15, -0.1) is 0 Å². The molecular formula is C13H12F3N3O2. The SMILES string of the molecule is O=C(O)c1ccc(NCCn2ccnc2)cc1C(F)(F)F. The van der Waals surface area contributed by atoms with Gasteiger partial charge in [-0.25, -0.2) is 9.78 Å². The van der Waals surface area contributed by atoms with E-state index in [0.717, 1.165) is 12.1 Å². The maximum absolute atomic E-state index is 12.8. The highest BCUT2D eigenvalue weighted by atomic mass is 19.4. The number of rotatable bonds is 5. The number of alkyl halides is 3. The summed E-state index contributed by atoms with van der Waals surface area (Å²) in [6.07, 6.45) is 0.214. The highest BCUT2D eigenvalue weighted by Gasteiger charge is 2.35. The predicted octanol–water partition coefficient (Wildman–Crippen LogP) is 2.71. The van der Waals surface area contributed by atoms with Crippen LogP contribution in [0.2, 0.25) is 0 Å². The Labute approximate surface area is 118 Å². The number of hydrogen-bond donors (Lipinski definition) is 2. The van der Waals surface area contributed by atoms with E-state index in [2.05, 4.69) is 10.3 Å². The van der Waals surface area contributed by atoms with Crippen LogP contribution in [0.4, 0.5) is 18.9 Å². The first kappa shape index (κ1) is 14.9. The Morgan fingerprint density at radius 1 is 1.38 bits per heavy atom. The number of halogens is 3. The molecule has 112 valence electrons. The van der Waals surface area contributed by atoms with Crippen LogP contribution in [-0.2, 0) is 12.7 Å². The summed E-state index contributed by atoms with van der Waals surface area (Å²) in [5.74, 6) is -1.60. The number of aromatic nitrogens is 2. The molecule has 0 amide bonds. The van der Waals surface area contributed by atoms with Crippen molar-refractivity contribution in [3.63, 3.8) is 0 Å². The Morgan fingerprint density at radius 2 is 2.14 bits per heavy atom. The van der Waals surface area contributed by atoms with Gasteiger partial charge in [0.1, 0.15) is 0 Å². The zero-order chi connectivity index (χ0) is 15.5. The number of carbonyl (C=O) groups is 1. The van der Waals surface area contributed by atoms with Crippen LogP contribution in [0.1, 0.15) is 15.9 Å². The molecule has 0 saturated heterocycles. The minimum atomic E-state index is -4.71. The molecule has 8 heteroatoms. The lowest BCUT2D eigenvalue weighted by molar-refractivity contribution is -0.138. The normalized spacial score (nSPS) is 11.4. The zero-order valence-corrected chi connectivity index (χ0v) is 10.8. The Balaban J connectivity index is 2.12. The van der Waals surface area contributed by atoms with Crippen LogP contribution in [0.3, 0.4) is 0 Å². The van der Waals surface area contributed by atoms with Gasteiger partial charge in [0, 0.05) is 31.2 Å². The molecule has 0 atom stereocenters. The average Bonchev–Trinajstić information content (AvgIpc) is 2.90. The summed E-state index contributed by atoms with van der Waals surface area (Å²) >= 11 is 0. The van der Waals surface area contributed by atoms with Crippen molar-refractivity contribution in [3.05, 3.63) is 48.0 Å². The first-order chi connectivity index (χ1) is 9.88. The van der Waals surface area contributed by atoms with Crippen molar-refractivity contribution in [2.24, 2.45) is 0 Å². The molecule has 0 radical (unpaired) electrons. The second kappa shape index (κ2) is 5.86. The Bertz CT molecular complexity index is 624. The molecule has 1 aromatic carbocycles. The number of nitrogens with one attached hydrogen (secondary N) is 1. The van der Waals surface area contributed by atoms with E-state index in [9.17, 15) is 18.0 Å². The van der Waals surface area contributed by atoms with Crippen molar-refractivity contribution in [2.45, 2.75) is 12.7 Å². The molecule has 2 aromatic rings. The van der Waals surface area contributed by atoms with Gasteiger partial charge in [-0.2, -0.15) is 13.2 Å². The summed E-state index contributed by atoms with van der Waals surface area (Å²) < 4.78 is 40.3. The van der Waals surface area contributed by atoms with E-state index < -0.39 is 23.3 Å². The van der Waals surface area contributed by atoms with Gasteiger partial charge in [0.05, 0.1) is 17.5 Å². The summed E-state index contributed by atoms with van der Waals surface area (Å²) in [4.78, 5) is 14.7. The van der Waals surface area contributed by atoms with Crippen molar-refractivity contribution < 1.29 is 23.1 Å². The molecule has 0 saturated carbocycles. The zero-order valence-electron chi connectivity index (χ0n) is 10.8. The third-order valence-corrected chi connectivity index (χ3v) is 2.81. The fourth-order valence-corrected chi connectivity index (χ4v) is 1.82. The lowest BCUT2D eigenvalue weighted by atomic mass is 10.1. The molecule has 21 heavy (non-hydrogen) atoms. The molecule has 0 aliphatic carbocycles. The molecule has 0 unspecified atom stereocenters. The molecule has 1 aromatic heterocycles. The van der Waals surface area contributed by atoms with Crippen molar-refractivity contribution in [2.75, 3.05) is 11.9 Å². The van der Waals surface area contributed by atoms with Crippen LogP contribution in [0, 0.1) is 0 Å². The second-order valence-electron chi connectivity index (χ2n) is 4.29. The van der Waals surface area contributed by atoms with Crippen LogP contribution in [0.15, 0.2) is 36.9 Å². The number of carboxylic acids is 1. The standard InChI is InChI=1S/C13H12F3N3O2/c14-13(15,16)11-7-9(1-2-10(11)12(20)21)18-4-6-19-5-3-17-8-19/h1-3,5,7-8,18H,4,6H2,(H,20,21). The maximum Gasteiger partial charge on any atom is 0.417 e. The Hall–Kier alpha value is -2.51. The second-order valence-corrected chi connectivity index (χ2v) is 4.29. The number of carboxylic acid groups (broad SMARTS) is 1. The predicted molar refractivity (Wildman–Crippen MR) is 69.1 cm³/mol. The summed E-state index contributed by atoms with van der Waals surface area (Å²) in [5.41, 5.74) is -1.71. The fraction of sp³-hybridized carbons (Fsp3) is 0.231. The highest BCUT2D eigenvalue weighted by Crippen LogP contribution is 2.33. The average molecular weight is 299 g/mol. The fourth-order valence-electron chi connectivity index (χ4n) is 1.82. The smallest absolute Gasteiger partial charge is 0.417 e. The van der Waals surface area contributed by atoms with Gasteiger partial charge in [-0.3, -0.25) is 0 Å². The van der Waals surface area contributed by atoms with Gasteiger partial charge < -0.3 is 15.0 Å². The van der Waals surface area contributed by atoms with Gasteiger partial charge in [-0.1, -0.05) is 0 Å². The van der Waals surface area contributed by atoms with Crippen LogP contribution < -0.4 is 5.32 Å². The van der Waals surface area contributed by atoms with Crippen LogP contribution >= 0.6 is 0 Å². The van der Waals surface area contributed by atoms with E-state index in [4.69, 9.17) is 5.11 Å². The molecule has 0 bridgehead atoms. The molecular weight excluding hydrogens is 287 g/mol. The van der Waals surface area contributed by atoms with Crippen molar-refractivity contribution in [3.8, 4) is 0 Å². The number of aromatic carboxylic acids is 1. The van der Waals surface area contributed by atoms with Crippen molar-refractivity contribution in [1.82, 2.24) is 9.55 Å². The maximum atomic E-state index is 12.8. The number of anilines is 1. The largest absolute Gasteiger partial charge is 0.478 e. The summed E-state index contributed by atoms with van der Waals surface area (Å²) in [5, 5.41) is 11.6. The molecule has 5 nitrogen and oxygen atoms in total. The number of hydrogen-bond acceptors (Lipinski definition) is 3. The Morgan fingerprint density at radius 3 is 2.71 bits per heavy atom. The highest BCUT2D eigenvalue weighted by molar-refractivity contribution is 5.90. The molecule has 0 aliphatic rings. The topological polar surface area (TPSA) is 67.2 Å². The van der Waals surface area contributed by atoms with Crippen molar-refractivity contribution in [1.29, 1.82) is 0 Å². The first-order valence-electron chi connectivity index (χ1n) is 6.02. The Kier molecular flexibility index (Phi) is 4.15. The third kappa shape index (κ3) is 3.74. The monoisotopic (exact) mass is 299 g/mol. The summed E-state index contributed by atoms with van der Waals surface area (Å²) in [6.45, 7) is 0.919. The van der Waals surface area contributed by atoms with Crippen LogP contribution in [0.5, 0.6) is 0 Å². The van der Waals surface area contributed by atoms with Crippen molar-refractivity contribution >= 4 is 11.7 Å². The molecule has 0 spiro atoms. The molecule has 2 rings (SSSR count). The third-order valence-electron chi connectivity index (χ3n) is 2.81. The van der Waals surface area contributed by atoms with Gasteiger partial charge in [0.25, 0.3) is 0 Å². The minimum absolute atomic E-state index is 0.215. The molecule has 0 aliphatic heterocycles. The molecule has 0 fully saturated rings. The van der Waals surface area contributed by atoms with E-state index in [1.165, 1.54) is 6.07 Å². The van der Waals surface area contributed by atoms with E-state index >= 15 is 0 Å². The number of benzene rings is 1. The quantitative estimate of drug-likeness (QED) is 0.891. The summed E-state index contributed by atoms with van der Waals surface area (Å²) in [6, 6.07) is 3.06.